The number of ether oxygens (including phenoxy) is 1. The van der Waals surface area contributed by atoms with Gasteiger partial charge >= 0.3 is 0 Å². The summed E-state index contributed by atoms with van der Waals surface area (Å²) in [5.41, 5.74) is 4.79. The average molecular weight is 591 g/mol. The summed E-state index contributed by atoms with van der Waals surface area (Å²) < 4.78 is 18.1. The molecule has 1 aliphatic heterocycles. The lowest BCUT2D eigenvalue weighted by Crippen LogP contribution is -2.53. The predicted molar refractivity (Wildman–Crippen MR) is 173 cm³/mol. The van der Waals surface area contributed by atoms with Gasteiger partial charge in [-0.2, -0.15) is 0 Å². The zero-order chi connectivity index (χ0) is 30.8. The molecule has 0 spiro atoms. The van der Waals surface area contributed by atoms with E-state index in [2.05, 4.69) is 40.3 Å². The van der Waals surface area contributed by atoms with E-state index in [4.69, 9.17) is 29.2 Å². The topological polar surface area (TPSA) is 48.9 Å². The van der Waals surface area contributed by atoms with Crippen molar-refractivity contribution in [2.24, 2.45) is 0 Å². The number of aryl methyl sites for hydroxylation is 3. The number of nitrogens with zero attached hydrogens (tertiary/aromatic N) is 4. The Morgan fingerprint density at radius 2 is 1.95 bits per heavy atom. The van der Waals surface area contributed by atoms with Gasteiger partial charge in [0.05, 0.1) is 6.61 Å². The van der Waals surface area contributed by atoms with Crippen LogP contribution >= 0.6 is 11.6 Å². The van der Waals surface area contributed by atoms with Gasteiger partial charge < -0.3 is 19.3 Å². The molecule has 0 N–H and O–H groups in total. The van der Waals surface area contributed by atoms with E-state index in [1.165, 1.54) is 6.07 Å². The van der Waals surface area contributed by atoms with Crippen LogP contribution < -0.4 is 9.80 Å². The number of rotatable bonds is 10. The second-order valence-corrected chi connectivity index (χ2v) is 11.0. The molecule has 0 saturated carbocycles. The Morgan fingerprint density at radius 3 is 2.57 bits per heavy atom. The Bertz CT molecular complexity index is 1370. The molecule has 6 nitrogen and oxygen atoms in total. The van der Waals surface area contributed by atoms with Crippen LogP contribution in [0.25, 0.3) is 0 Å². The summed E-state index contributed by atoms with van der Waals surface area (Å²) in [7, 11) is 7.21. The molecule has 2 radical (unpaired) electrons. The number of hydrogen-bond donors (Lipinski definition) is 0. The van der Waals surface area contributed by atoms with Gasteiger partial charge in [0.2, 0.25) is 0 Å². The molecule has 1 atom stereocenters. The first-order valence-electron chi connectivity index (χ1n) is 14.2. The SMILES string of the molecule is CCc1ccc(Cl)cc1F.[B]C(=O)c1ccc(C)c(N(CCOC)C(=C)CN2CCN(c3cccc(C)n3)C(C)C2)c1. The third kappa shape index (κ3) is 9.15. The Balaban J connectivity index is 0.000000408. The molecule has 1 unspecified atom stereocenters. The van der Waals surface area contributed by atoms with Crippen LogP contribution in [-0.2, 0) is 11.2 Å². The van der Waals surface area contributed by atoms with Gasteiger partial charge in [0.1, 0.15) is 17.3 Å². The Morgan fingerprint density at radius 1 is 1.19 bits per heavy atom. The Labute approximate surface area is 256 Å². The molecule has 2 heterocycles. The van der Waals surface area contributed by atoms with Crippen molar-refractivity contribution in [2.75, 3.05) is 56.2 Å². The summed E-state index contributed by atoms with van der Waals surface area (Å²) in [6.07, 6.45) is 0.711. The maximum absolute atomic E-state index is 12.8. The second-order valence-electron chi connectivity index (χ2n) is 10.6. The number of piperazine rings is 1. The Kier molecular flexibility index (Phi) is 12.6. The highest BCUT2D eigenvalue weighted by Crippen LogP contribution is 2.26. The highest BCUT2D eigenvalue weighted by Gasteiger charge is 2.26. The zero-order valence-corrected chi connectivity index (χ0v) is 26.1. The molecule has 2 aromatic carbocycles. The molecule has 0 bridgehead atoms. The number of hydrogen-bond acceptors (Lipinski definition) is 6. The lowest BCUT2D eigenvalue weighted by atomic mass is 9.93. The first kappa shape index (κ1) is 33.3. The van der Waals surface area contributed by atoms with Gasteiger partial charge in [0.15, 0.2) is 7.85 Å². The molecule has 4 rings (SSSR count). The van der Waals surface area contributed by atoms with Crippen molar-refractivity contribution >= 4 is 36.6 Å². The van der Waals surface area contributed by atoms with Crippen molar-refractivity contribution in [1.29, 1.82) is 0 Å². The molecule has 1 saturated heterocycles. The number of carbonyl (C=O) groups is 1. The normalized spacial score (nSPS) is 15.1. The first-order chi connectivity index (χ1) is 20.0. The molecular weight excluding hydrogens is 550 g/mol. The summed E-state index contributed by atoms with van der Waals surface area (Å²) in [6.45, 7) is 17.3. The number of aromatic nitrogens is 1. The molecule has 0 aliphatic carbocycles. The summed E-state index contributed by atoms with van der Waals surface area (Å²) in [4.78, 5) is 23.4. The molecule has 9 heteroatoms. The highest BCUT2D eigenvalue weighted by atomic mass is 35.5. The fourth-order valence-electron chi connectivity index (χ4n) is 5.04. The first-order valence-corrected chi connectivity index (χ1v) is 14.6. The maximum Gasteiger partial charge on any atom is 0.175 e. The lowest BCUT2D eigenvalue weighted by Gasteiger charge is -2.42. The van der Waals surface area contributed by atoms with E-state index in [-0.39, 0.29) is 5.82 Å². The van der Waals surface area contributed by atoms with E-state index in [9.17, 15) is 9.18 Å². The molecule has 3 aromatic rings. The van der Waals surface area contributed by atoms with Crippen molar-refractivity contribution in [3.05, 3.63) is 100 Å². The number of pyridine rings is 1. The van der Waals surface area contributed by atoms with Gasteiger partial charge in [0, 0.05) is 73.5 Å². The Hall–Kier alpha value is -3.20. The van der Waals surface area contributed by atoms with Crippen molar-refractivity contribution in [3.63, 3.8) is 0 Å². The van der Waals surface area contributed by atoms with E-state index in [1.54, 1.807) is 25.3 Å². The molecule has 1 aliphatic rings. The molecule has 1 fully saturated rings. The third-order valence-corrected chi connectivity index (χ3v) is 7.60. The molecule has 42 heavy (non-hydrogen) atoms. The van der Waals surface area contributed by atoms with E-state index in [0.29, 0.717) is 41.8 Å². The highest BCUT2D eigenvalue weighted by molar-refractivity contribution is 6.62. The van der Waals surface area contributed by atoms with Crippen LogP contribution in [0.5, 0.6) is 0 Å². The van der Waals surface area contributed by atoms with Crippen LogP contribution in [-0.4, -0.2) is 75.9 Å². The van der Waals surface area contributed by atoms with Gasteiger partial charge in [-0.05, 0) is 68.7 Å². The zero-order valence-electron chi connectivity index (χ0n) is 25.4. The summed E-state index contributed by atoms with van der Waals surface area (Å²) in [5.74, 6) is 0.826. The minimum Gasteiger partial charge on any atom is -0.383 e. The minimum atomic E-state index is -0.432. The van der Waals surface area contributed by atoms with Crippen LogP contribution in [0.2, 0.25) is 5.02 Å². The average Bonchev–Trinajstić information content (AvgIpc) is 2.94. The summed E-state index contributed by atoms with van der Waals surface area (Å²) in [5, 5.41) is 0.453. The van der Waals surface area contributed by atoms with Crippen molar-refractivity contribution < 1.29 is 13.9 Å². The maximum atomic E-state index is 12.8. The fraction of sp³-hybridized carbons (Fsp3) is 0.394. The van der Waals surface area contributed by atoms with Crippen LogP contribution in [0.4, 0.5) is 15.9 Å². The number of carbonyl (C=O) groups excluding carboxylic acids is 1. The number of methoxy groups -OCH3 is 1. The van der Waals surface area contributed by atoms with E-state index < -0.39 is 5.68 Å². The monoisotopic (exact) mass is 590 g/mol. The van der Waals surface area contributed by atoms with Gasteiger partial charge in [-0.15, -0.1) is 0 Å². The second kappa shape index (κ2) is 15.9. The van der Waals surface area contributed by atoms with E-state index >= 15 is 0 Å². The van der Waals surface area contributed by atoms with Crippen molar-refractivity contribution in [3.8, 4) is 0 Å². The smallest absolute Gasteiger partial charge is 0.175 e. The number of anilines is 2. The lowest BCUT2D eigenvalue weighted by molar-refractivity contribution is 0.108. The van der Waals surface area contributed by atoms with Gasteiger partial charge in [-0.25, -0.2) is 9.37 Å². The van der Waals surface area contributed by atoms with Crippen LogP contribution in [0.15, 0.2) is 66.9 Å². The third-order valence-electron chi connectivity index (χ3n) is 7.37. The predicted octanol–water partition coefficient (Wildman–Crippen LogP) is 6.23. The number of halogens is 2. The summed E-state index contributed by atoms with van der Waals surface area (Å²) >= 11 is 5.53. The van der Waals surface area contributed by atoms with Gasteiger partial charge in [-0.3, -0.25) is 4.90 Å². The van der Waals surface area contributed by atoms with Gasteiger partial charge in [-0.1, -0.05) is 49.4 Å². The summed E-state index contributed by atoms with van der Waals surface area (Å²) in [6, 6.07) is 16.8. The fourth-order valence-corrected chi connectivity index (χ4v) is 5.20. The van der Waals surface area contributed by atoms with Crippen molar-refractivity contribution in [2.45, 2.75) is 40.2 Å². The van der Waals surface area contributed by atoms with Crippen LogP contribution in [0, 0.1) is 19.7 Å². The molecule has 0 amide bonds. The van der Waals surface area contributed by atoms with Crippen LogP contribution in [0.1, 0.15) is 41.0 Å². The largest absolute Gasteiger partial charge is 0.383 e. The molecule has 1 aromatic heterocycles. The number of benzene rings is 2. The molecular formula is C33H41BClFN4O2. The van der Waals surface area contributed by atoms with Gasteiger partial charge in [0.25, 0.3) is 0 Å². The van der Waals surface area contributed by atoms with Crippen LogP contribution in [0.3, 0.4) is 0 Å². The van der Waals surface area contributed by atoms with Crippen molar-refractivity contribution in [1.82, 2.24) is 9.88 Å². The quantitative estimate of drug-likeness (QED) is 0.261. The molecule has 222 valence electrons. The van der Waals surface area contributed by atoms with E-state index in [1.807, 2.05) is 39.0 Å². The minimum absolute atomic E-state index is 0.213. The van der Waals surface area contributed by atoms with E-state index in [0.717, 1.165) is 54.6 Å². The standard InChI is InChI=1S/C25H33BN4O2.C8H8ClF/c1-18-9-10-22(25(26)31)15-23(18)29(13-14-32-5)20(3)16-28-11-12-30(21(4)17-28)24-8-6-7-19(2)27-24;1-2-6-3-4-7(9)5-8(6)10/h6-10,15,21H,3,11-14,16-17H2,1-2,4-5H3;3-5H,2H2,1H3.